The van der Waals surface area contributed by atoms with Crippen molar-refractivity contribution in [3.63, 3.8) is 0 Å². The number of hydrogen-bond acceptors (Lipinski definition) is 6. The van der Waals surface area contributed by atoms with E-state index in [1.807, 2.05) is 12.1 Å². The van der Waals surface area contributed by atoms with Gasteiger partial charge in [-0.25, -0.2) is 0 Å². The molecule has 0 N–H and O–H groups in total. The van der Waals surface area contributed by atoms with Crippen LogP contribution in [0.4, 0.5) is 5.69 Å². The van der Waals surface area contributed by atoms with Crippen LogP contribution in [0.25, 0.3) is 0 Å². The second-order valence-electron chi connectivity index (χ2n) is 6.74. The van der Waals surface area contributed by atoms with E-state index in [9.17, 15) is 10.1 Å². The van der Waals surface area contributed by atoms with E-state index in [4.69, 9.17) is 9.47 Å². The van der Waals surface area contributed by atoms with Crippen LogP contribution in [0.1, 0.15) is 11.1 Å². The highest BCUT2D eigenvalue weighted by molar-refractivity contribution is 9.10. The molecule has 0 aromatic heterocycles. The molecule has 150 valence electrons. The molecule has 2 aromatic carbocycles. The van der Waals surface area contributed by atoms with Gasteiger partial charge in [-0.15, -0.1) is 0 Å². The molecule has 0 unspecified atom stereocenters. The zero-order chi connectivity index (χ0) is 20.1. The minimum Gasteiger partial charge on any atom is -0.493 e. The molecule has 0 radical (unpaired) electrons. The SMILES string of the molecule is COc1cc(CN2CCN(Cc3ccccc3Br)CC2)c([N+](=O)[O-])cc1OC. The van der Waals surface area contributed by atoms with E-state index in [2.05, 4.69) is 37.9 Å². The molecule has 8 heteroatoms. The lowest BCUT2D eigenvalue weighted by atomic mass is 10.1. The normalized spacial score (nSPS) is 15.4. The first-order valence-corrected chi connectivity index (χ1v) is 9.88. The fourth-order valence-electron chi connectivity index (χ4n) is 3.42. The molecule has 1 heterocycles. The van der Waals surface area contributed by atoms with Gasteiger partial charge >= 0.3 is 0 Å². The van der Waals surface area contributed by atoms with Crippen LogP contribution in [0, 0.1) is 10.1 Å². The lowest BCUT2D eigenvalue weighted by Gasteiger charge is -2.34. The summed E-state index contributed by atoms with van der Waals surface area (Å²) in [5.41, 5.74) is 1.97. The molecule has 0 aliphatic carbocycles. The topological polar surface area (TPSA) is 68.1 Å². The molecule has 28 heavy (non-hydrogen) atoms. The van der Waals surface area contributed by atoms with Crippen LogP contribution in [0.3, 0.4) is 0 Å². The number of piperazine rings is 1. The van der Waals surface area contributed by atoms with Gasteiger partial charge < -0.3 is 9.47 Å². The van der Waals surface area contributed by atoms with Gasteiger partial charge in [-0.3, -0.25) is 19.9 Å². The van der Waals surface area contributed by atoms with Gasteiger partial charge in [0.05, 0.1) is 25.2 Å². The Morgan fingerprint density at radius 1 is 0.964 bits per heavy atom. The molecule has 0 amide bonds. The maximum Gasteiger partial charge on any atom is 0.277 e. The number of rotatable bonds is 7. The van der Waals surface area contributed by atoms with Gasteiger partial charge in [0, 0.05) is 49.3 Å². The minimum atomic E-state index is -0.361. The first kappa shape index (κ1) is 20.6. The van der Waals surface area contributed by atoms with Crippen LogP contribution in [-0.2, 0) is 13.1 Å². The third-order valence-electron chi connectivity index (χ3n) is 4.99. The van der Waals surface area contributed by atoms with E-state index in [0.29, 0.717) is 23.6 Å². The molecule has 1 aliphatic heterocycles. The lowest BCUT2D eigenvalue weighted by molar-refractivity contribution is -0.385. The predicted molar refractivity (Wildman–Crippen MR) is 111 cm³/mol. The standard InChI is InChI=1S/C20H24BrN3O4/c1-27-19-11-16(18(24(25)26)12-20(19)28-2)14-23-9-7-22(8-10-23)13-15-5-3-4-6-17(15)21/h3-6,11-12H,7-10,13-14H2,1-2H3. The van der Waals surface area contributed by atoms with Gasteiger partial charge in [0.2, 0.25) is 0 Å². The minimum absolute atomic E-state index is 0.0632. The van der Waals surface area contributed by atoms with Crippen LogP contribution >= 0.6 is 15.9 Å². The number of halogens is 1. The Morgan fingerprint density at radius 3 is 2.04 bits per heavy atom. The Labute approximate surface area is 173 Å². The Kier molecular flexibility index (Phi) is 6.88. The average Bonchev–Trinajstić information content (AvgIpc) is 2.70. The zero-order valence-electron chi connectivity index (χ0n) is 16.1. The summed E-state index contributed by atoms with van der Waals surface area (Å²) in [6.45, 7) is 4.96. The number of hydrogen-bond donors (Lipinski definition) is 0. The Hall–Kier alpha value is -2.16. The second-order valence-corrected chi connectivity index (χ2v) is 7.59. The molecule has 1 aliphatic rings. The van der Waals surface area contributed by atoms with E-state index in [1.54, 1.807) is 6.07 Å². The average molecular weight is 450 g/mol. The molecular weight excluding hydrogens is 426 g/mol. The van der Waals surface area contributed by atoms with E-state index in [1.165, 1.54) is 25.8 Å². The van der Waals surface area contributed by atoms with Crippen molar-refractivity contribution in [1.29, 1.82) is 0 Å². The smallest absolute Gasteiger partial charge is 0.277 e. The third-order valence-corrected chi connectivity index (χ3v) is 5.77. The van der Waals surface area contributed by atoms with Crippen LogP contribution in [0.15, 0.2) is 40.9 Å². The van der Waals surface area contributed by atoms with Gasteiger partial charge in [0.15, 0.2) is 11.5 Å². The number of ether oxygens (including phenoxy) is 2. The fourth-order valence-corrected chi connectivity index (χ4v) is 3.83. The van der Waals surface area contributed by atoms with Gasteiger partial charge in [-0.2, -0.15) is 0 Å². The molecule has 0 saturated carbocycles. The predicted octanol–water partition coefficient (Wildman–Crippen LogP) is 3.69. The Bertz CT molecular complexity index is 838. The number of nitro benzene ring substituents is 1. The van der Waals surface area contributed by atoms with E-state index < -0.39 is 0 Å². The van der Waals surface area contributed by atoms with Crippen LogP contribution in [-0.4, -0.2) is 55.1 Å². The van der Waals surface area contributed by atoms with Gasteiger partial charge in [0.1, 0.15) is 0 Å². The second kappa shape index (κ2) is 9.36. The summed E-state index contributed by atoms with van der Waals surface area (Å²) in [4.78, 5) is 15.8. The van der Waals surface area contributed by atoms with E-state index >= 15 is 0 Å². The fraction of sp³-hybridized carbons (Fsp3) is 0.400. The molecule has 7 nitrogen and oxygen atoms in total. The summed E-state index contributed by atoms with van der Waals surface area (Å²) >= 11 is 3.60. The molecule has 0 spiro atoms. The van der Waals surface area contributed by atoms with Crippen molar-refractivity contribution in [2.75, 3.05) is 40.4 Å². The molecular formula is C20H24BrN3O4. The van der Waals surface area contributed by atoms with Crippen molar-refractivity contribution in [3.8, 4) is 11.5 Å². The molecule has 1 fully saturated rings. The summed E-state index contributed by atoms with van der Waals surface area (Å²) in [6, 6.07) is 11.4. The summed E-state index contributed by atoms with van der Waals surface area (Å²) in [7, 11) is 3.01. The monoisotopic (exact) mass is 449 g/mol. The highest BCUT2D eigenvalue weighted by Crippen LogP contribution is 2.35. The molecule has 0 bridgehead atoms. The zero-order valence-corrected chi connectivity index (χ0v) is 17.6. The van der Waals surface area contributed by atoms with Crippen LogP contribution < -0.4 is 9.47 Å². The Morgan fingerprint density at radius 2 is 1.50 bits per heavy atom. The summed E-state index contributed by atoms with van der Waals surface area (Å²) in [6.07, 6.45) is 0. The first-order valence-electron chi connectivity index (χ1n) is 9.09. The number of nitro groups is 1. The summed E-state index contributed by atoms with van der Waals surface area (Å²) in [5.74, 6) is 0.881. The van der Waals surface area contributed by atoms with E-state index in [0.717, 1.165) is 37.2 Å². The van der Waals surface area contributed by atoms with Gasteiger partial charge in [-0.1, -0.05) is 34.1 Å². The number of benzene rings is 2. The van der Waals surface area contributed by atoms with Crippen molar-refractivity contribution in [1.82, 2.24) is 9.80 Å². The maximum absolute atomic E-state index is 11.5. The largest absolute Gasteiger partial charge is 0.493 e. The molecule has 2 aromatic rings. The molecule has 1 saturated heterocycles. The first-order chi connectivity index (χ1) is 13.5. The van der Waals surface area contributed by atoms with Crippen molar-refractivity contribution < 1.29 is 14.4 Å². The highest BCUT2D eigenvalue weighted by Gasteiger charge is 2.24. The maximum atomic E-state index is 11.5. The highest BCUT2D eigenvalue weighted by atomic mass is 79.9. The van der Waals surface area contributed by atoms with Gasteiger partial charge in [0.25, 0.3) is 5.69 Å². The van der Waals surface area contributed by atoms with Crippen molar-refractivity contribution in [2.45, 2.75) is 13.1 Å². The molecule has 0 atom stereocenters. The lowest BCUT2D eigenvalue weighted by Crippen LogP contribution is -2.45. The number of methoxy groups -OCH3 is 2. The summed E-state index contributed by atoms with van der Waals surface area (Å²) < 4.78 is 11.6. The quantitative estimate of drug-likeness (QED) is 0.474. The molecule has 3 rings (SSSR count). The summed E-state index contributed by atoms with van der Waals surface area (Å²) in [5, 5.41) is 11.5. The van der Waals surface area contributed by atoms with Crippen LogP contribution in [0.2, 0.25) is 0 Å². The Balaban J connectivity index is 1.66. The third kappa shape index (κ3) is 4.81. The number of nitrogens with zero attached hydrogens (tertiary/aromatic N) is 3. The van der Waals surface area contributed by atoms with Crippen LogP contribution in [0.5, 0.6) is 11.5 Å². The van der Waals surface area contributed by atoms with Crippen molar-refractivity contribution >= 4 is 21.6 Å². The van der Waals surface area contributed by atoms with E-state index in [-0.39, 0.29) is 10.6 Å². The van der Waals surface area contributed by atoms with Gasteiger partial charge in [-0.05, 0) is 17.7 Å². The van der Waals surface area contributed by atoms with Crippen molar-refractivity contribution in [3.05, 3.63) is 62.1 Å². The van der Waals surface area contributed by atoms with Crippen molar-refractivity contribution in [2.24, 2.45) is 0 Å².